The van der Waals surface area contributed by atoms with E-state index in [4.69, 9.17) is 5.26 Å². The molecule has 0 atom stereocenters. The number of rotatable bonds is 3. The third-order valence-electron chi connectivity index (χ3n) is 3.16. The van der Waals surface area contributed by atoms with Gasteiger partial charge in [-0.3, -0.25) is 9.59 Å². The monoisotopic (exact) mass is 223 g/mol. The zero-order valence-electron chi connectivity index (χ0n) is 9.75. The first-order valence-corrected chi connectivity index (χ1v) is 5.57. The highest BCUT2D eigenvalue weighted by Gasteiger charge is 2.39. The number of carbonyl (C=O) groups excluding carboxylic acids is 2. The van der Waals surface area contributed by atoms with Crippen LogP contribution >= 0.6 is 0 Å². The Labute approximate surface area is 95.4 Å². The molecule has 0 aromatic carbocycles. The first-order valence-electron chi connectivity index (χ1n) is 5.57. The molecule has 1 rings (SSSR count). The van der Waals surface area contributed by atoms with E-state index in [0.717, 1.165) is 0 Å². The van der Waals surface area contributed by atoms with Crippen molar-refractivity contribution in [1.82, 2.24) is 10.2 Å². The zero-order chi connectivity index (χ0) is 12.2. The number of nitrogens with zero attached hydrogens (tertiary/aromatic N) is 2. The number of piperazine rings is 1. The number of nitriles is 1. The van der Waals surface area contributed by atoms with Crippen molar-refractivity contribution in [3.05, 3.63) is 0 Å². The minimum atomic E-state index is -0.961. The van der Waals surface area contributed by atoms with E-state index < -0.39 is 5.41 Å². The third-order valence-corrected chi connectivity index (χ3v) is 3.16. The topological polar surface area (TPSA) is 73.2 Å². The number of hydrogen-bond donors (Lipinski definition) is 1. The van der Waals surface area contributed by atoms with Crippen molar-refractivity contribution < 1.29 is 9.59 Å². The predicted octanol–water partition coefficient (Wildman–Crippen LogP) is 0.275. The molecule has 0 bridgehead atoms. The van der Waals surface area contributed by atoms with Crippen LogP contribution in [0.25, 0.3) is 0 Å². The summed E-state index contributed by atoms with van der Waals surface area (Å²) in [4.78, 5) is 24.8. The van der Waals surface area contributed by atoms with E-state index in [1.54, 1.807) is 0 Å². The number of nitrogens with one attached hydrogen (secondary N) is 1. The number of carbonyl (C=O) groups is 2. The summed E-state index contributed by atoms with van der Waals surface area (Å²) in [6.07, 6.45) is 0.966. The second-order valence-electron chi connectivity index (χ2n) is 3.98. The van der Waals surface area contributed by atoms with Gasteiger partial charge in [0.25, 0.3) is 0 Å². The highest BCUT2D eigenvalue weighted by Crippen LogP contribution is 2.28. The van der Waals surface area contributed by atoms with Crippen LogP contribution in [0.2, 0.25) is 0 Å². The maximum absolute atomic E-state index is 12.2. The predicted molar refractivity (Wildman–Crippen MR) is 58.2 cm³/mol. The smallest absolute Gasteiger partial charge is 0.243 e. The molecule has 0 aromatic rings. The van der Waals surface area contributed by atoms with Gasteiger partial charge in [-0.1, -0.05) is 13.8 Å². The van der Waals surface area contributed by atoms with Crippen LogP contribution in [-0.4, -0.2) is 36.3 Å². The fraction of sp³-hybridized carbons (Fsp3) is 0.727. The summed E-state index contributed by atoms with van der Waals surface area (Å²) in [5, 5.41) is 11.8. The fourth-order valence-electron chi connectivity index (χ4n) is 1.87. The van der Waals surface area contributed by atoms with Crippen molar-refractivity contribution in [2.24, 2.45) is 5.41 Å². The largest absolute Gasteiger partial charge is 0.353 e. The van der Waals surface area contributed by atoms with Gasteiger partial charge < -0.3 is 10.2 Å². The molecule has 1 saturated heterocycles. The molecule has 0 unspecified atom stereocenters. The highest BCUT2D eigenvalue weighted by molar-refractivity contribution is 5.90. The summed E-state index contributed by atoms with van der Waals surface area (Å²) in [6.45, 7) is 4.69. The molecule has 5 nitrogen and oxygen atoms in total. The number of amides is 2. The summed E-state index contributed by atoms with van der Waals surface area (Å²) < 4.78 is 0. The van der Waals surface area contributed by atoms with Crippen molar-refractivity contribution >= 4 is 11.8 Å². The molecule has 1 heterocycles. The van der Waals surface area contributed by atoms with Crippen molar-refractivity contribution in [2.75, 3.05) is 19.6 Å². The average molecular weight is 223 g/mol. The highest BCUT2D eigenvalue weighted by atomic mass is 16.2. The molecular formula is C11H17N3O2. The molecule has 1 aliphatic rings. The molecule has 16 heavy (non-hydrogen) atoms. The summed E-state index contributed by atoms with van der Waals surface area (Å²) >= 11 is 0. The SMILES string of the molecule is CCC(C#N)(CC)C(=O)N1CCNC(=O)C1. The van der Waals surface area contributed by atoms with Gasteiger partial charge in [-0.15, -0.1) is 0 Å². The van der Waals surface area contributed by atoms with E-state index in [1.165, 1.54) is 4.90 Å². The Balaban J connectivity index is 2.83. The van der Waals surface area contributed by atoms with Gasteiger partial charge in [0, 0.05) is 13.1 Å². The van der Waals surface area contributed by atoms with Gasteiger partial charge in [0.1, 0.15) is 5.41 Å². The Morgan fingerprint density at radius 3 is 2.62 bits per heavy atom. The summed E-state index contributed by atoms with van der Waals surface area (Å²) in [5.41, 5.74) is -0.961. The van der Waals surface area contributed by atoms with Crippen molar-refractivity contribution in [3.8, 4) is 6.07 Å². The second-order valence-corrected chi connectivity index (χ2v) is 3.98. The van der Waals surface area contributed by atoms with Gasteiger partial charge in [0.15, 0.2) is 0 Å². The lowest BCUT2D eigenvalue weighted by Gasteiger charge is -2.33. The summed E-state index contributed by atoms with van der Waals surface area (Å²) in [7, 11) is 0. The van der Waals surface area contributed by atoms with E-state index in [9.17, 15) is 9.59 Å². The van der Waals surface area contributed by atoms with Gasteiger partial charge in [0.05, 0.1) is 12.6 Å². The molecule has 2 amide bonds. The van der Waals surface area contributed by atoms with Crippen LogP contribution in [0.1, 0.15) is 26.7 Å². The van der Waals surface area contributed by atoms with Crippen molar-refractivity contribution in [3.63, 3.8) is 0 Å². The molecule has 0 aromatic heterocycles. The molecular weight excluding hydrogens is 206 g/mol. The molecule has 88 valence electrons. The van der Waals surface area contributed by atoms with Gasteiger partial charge in [-0.25, -0.2) is 0 Å². The van der Waals surface area contributed by atoms with E-state index in [1.807, 2.05) is 13.8 Å². The van der Waals surface area contributed by atoms with E-state index in [2.05, 4.69) is 11.4 Å². The van der Waals surface area contributed by atoms with Crippen molar-refractivity contribution in [1.29, 1.82) is 5.26 Å². The second kappa shape index (κ2) is 4.97. The average Bonchev–Trinajstić information content (AvgIpc) is 2.32. The Morgan fingerprint density at radius 2 is 2.19 bits per heavy atom. The molecule has 0 saturated carbocycles. The van der Waals surface area contributed by atoms with Crippen LogP contribution in [0.4, 0.5) is 0 Å². The minimum Gasteiger partial charge on any atom is -0.353 e. The van der Waals surface area contributed by atoms with Gasteiger partial charge >= 0.3 is 0 Å². The normalized spacial score (nSPS) is 16.6. The Bertz CT molecular complexity index is 329. The lowest BCUT2D eigenvalue weighted by molar-refractivity contribution is -0.144. The molecule has 5 heteroatoms. The third kappa shape index (κ3) is 2.16. The summed E-state index contributed by atoms with van der Waals surface area (Å²) in [5.74, 6) is -0.367. The van der Waals surface area contributed by atoms with E-state index in [-0.39, 0.29) is 18.4 Å². The Morgan fingerprint density at radius 1 is 1.56 bits per heavy atom. The van der Waals surface area contributed by atoms with Gasteiger partial charge in [0.2, 0.25) is 11.8 Å². The Hall–Kier alpha value is -1.57. The zero-order valence-corrected chi connectivity index (χ0v) is 9.75. The molecule has 0 radical (unpaired) electrons. The van der Waals surface area contributed by atoms with E-state index >= 15 is 0 Å². The maximum Gasteiger partial charge on any atom is 0.243 e. The fourth-order valence-corrected chi connectivity index (χ4v) is 1.87. The van der Waals surface area contributed by atoms with Crippen LogP contribution in [0.5, 0.6) is 0 Å². The van der Waals surface area contributed by atoms with Crippen LogP contribution < -0.4 is 5.32 Å². The summed E-state index contributed by atoms with van der Waals surface area (Å²) in [6, 6.07) is 2.10. The standard InChI is InChI=1S/C11H17N3O2/c1-3-11(4-2,8-12)10(16)14-6-5-13-9(15)7-14/h3-7H2,1-2H3,(H,13,15). The quantitative estimate of drug-likeness (QED) is 0.746. The van der Waals surface area contributed by atoms with Crippen LogP contribution in [0, 0.1) is 16.7 Å². The first kappa shape index (κ1) is 12.5. The molecule has 0 spiro atoms. The maximum atomic E-state index is 12.2. The van der Waals surface area contributed by atoms with Crippen LogP contribution in [0.15, 0.2) is 0 Å². The lowest BCUT2D eigenvalue weighted by Crippen LogP contribution is -2.53. The van der Waals surface area contributed by atoms with Crippen LogP contribution in [-0.2, 0) is 9.59 Å². The van der Waals surface area contributed by atoms with E-state index in [0.29, 0.717) is 25.9 Å². The molecule has 1 fully saturated rings. The molecule has 1 N–H and O–H groups in total. The lowest BCUT2D eigenvalue weighted by atomic mass is 9.82. The minimum absolute atomic E-state index is 0.0717. The Kier molecular flexibility index (Phi) is 3.88. The van der Waals surface area contributed by atoms with Crippen molar-refractivity contribution in [2.45, 2.75) is 26.7 Å². The first-order chi connectivity index (χ1) is 7.59. The van der Waals surface area contributed by atoms with Crippen LogP contribution in [0.3, 0.4) is 0 Å². The van der Waals surface area contributed by atoms with Gasteiger partial charge in [-0.2, -0.15) is 5.26 Å². The molecule has 0 aliphatic carbocycles. The number of hydrogen-bond acceptors (Lipinski definition) is 3. The van der Waals surface area contributed by atoms with Gasteiger partial charge in [-0.05, 0) is 12.8 Å². The molecule has 1 aliphatic heterocycles.